The average Bonchev–Trinajstić information content (AvgIpc) is 2.62. The number of amides is 1. The number of ether oxygens (including phenoxy) is 1. The number of carbonyl (C=O) groups excluding carboxylic acids is 1. The fourth-order valence-electron chi connectivity index (χ4n) is 2.43. The summed E-state index contributed by atoms with van der Waals surface area (Å²) < 4.78 is 5.73. The molecule has 3 aromatic rings. The highest BCUT2D eigenvalue weighted by Gasteiger charge is 2.14. The predicted octanol–water partition coefficient (Wildman–Crippen LogP) is 4.72. The number of para-hydroxylation sites is 1. The Morgan fingerprint density at radius 3 is 2.35 bits per heavy atom. The van der Waals surface area contributed by atoms with Crippen molar-refractivity contribution in [2.75, 3.05) is 0 Å². The molecule has 3 rings (SSSR count). The first-order valence-electron chi connectivity index (χ1n) is 8.16. The lowest BCUT2D eigenvalue weighted by Gasteiger charge is -2.14. The first-order valence-corrected chi connectivity index (χ1v) is 8.54. The molecular formula is C20H18ClN3O2. The van der Waals surface area contributed by atoms with Crippen molar-refractivity contribution in [1.29, 1.82) is 0 Å². The summed E-state index contributed by atoms with van der Waals surface area (Å²) in [5.41, 5.74) is 1.20. The molecule has 2 aromatic carbocycles. The van der Waals surface area contributed by atoms with Gasteiger partial charge in [-0.1, -0.05) is 29.8 Å². The number of aryl methyl sites for hydroxylation is 1. The molecule has 1 atom stereocenters. The van der Waals surface area contributed by atoms with Gasteiger partial charge in [-0.3, -0.25) is 4.79 Å². The van der Waals surface area contributed by atoms with Crippen molar-refractivity contribution in [1.82, 2.24) is 15.3 Å². The third-order valence-corrected chi connectivity index (χ3v) is 3.91. The molecule has 26 heavy (non-hydrogen) atoms. The van der Waals surface area contributed by atoms with E-state index in [1.54, 1.807) is 37.3 Å². The minimum atomic E-state index is -0.290. The van der Waals surface area contributed by atoms with E-state index in [2.05, 4.69) is 15.3 Å². The summed E-state index contributed by atoms with van der Waals surface area (Å²) in [6.45, 7) is 3.61. The van der Waals surface area contributed by atoms with Gasteiger partial charge in [0.1, 0.15) is 22.5 Å². The van der Waals surface area contributed by atoms with Gasteiger partial charge in [0, 0.05) is 5.56 Å². The summed E-state index contributed by atoms with van der Waals surface area (Å²) in [6.07, 6.45) is 0. The van der Waals surface area contributed by atoms with Crippen molar-refractivity contribution >= 4 is 17.5 Å². The Balaban J connectivity index is 1.66. The lowest BCUT2D eigenvalue weighted by molar-refractivity contribution is 0.0939. The molecule has 1 heterocycles. The van der Waals surface area contributed by atoms with Gasteiger partial charge in [-0.25, -0.2) is 9.97 Å². The Morgan fingerprint density at radius 2 is 1.69 bits per heavy atom. The quantitative estimate of drug-likeness (QED) is 0.662. The Kier molecular flexibility index (Phi) is 5.49. The van der Waals surface area contributed by atoms with Gasteiger partial charge < -0.3 is 10.1 Å². The van der Waals surface area contributed by atoms with Gasteiger partial charge in [-0.15, -0.1) is 0 Å². The topological polar surface area (TPSA) is 64.1 Å². The largest absolute Gasteiger partial charge is 0.457 e. The number of hydrogen-bond donors (Lipinski definition) is 1. The van der Waals surface area contributed by atoms with Crippen LogP contribution in [0.15, 0.2) is 60.7 Å². The molecule has 0 bridgehead atoms. The molecule has 0 fully saturated rings. The van der Waals surface area contributed by atoms with Gasteiger partial charge >= 0.3 is 0 Å². The van der Waals surface area contributed by atoms with Crippen LogP contribution < -0.4 is 10.1 Å². The summed E-state index contributed by atoms with van der Waals surface area (Å²) in [5.74, 6) is 1.78. The lowest BCUT2D eigenvalue weighted by Crippen LogP contribution is -2.27. The van der Waals surface area contributed by atoms with E-state index in [4.69, 9.17) is 16.3 Å². The van der Waals surface area contributed by atoms with Crippen molar-refractivity contribution in [2.45, 2.75) is 19.9 Å². The number of hydrogen-bond acceptors (Lipinski definition) is 4. The highest BCUT2D eigenvalue weighted by Crippen LogP contribution is 2.21. The van der Waals surface area contributed by atoms with Gasteiger partial charge in [0.2, 0.25) is 0 Å². The molecule has 0 saturated heterocycles. The zero-order chi connectivity index (χ0) is 18.5. The normalized spacial score (nSPS) is 11.7. The SMILES string of the molecule is Cc1nc(Cl)cc(C(C)NC(=O)c2ccc(Oc3ccccc3)cc2)n1. The van der Waals surface area contributed by atoms with E-state index in [-0.39, 0.29) is 11.9 Å². The van der Waals surface area contributed by atoms with Crippen LogP contribution >= 0.6 is 11.6 Å². The van der Waals surface area contributed by atoms with Crippen LogP contribution in [0.1, 0.15) is 34.8 Å². The van der Waals surface area contributed by atoms with Crippen LogP contribution in [0.2, 0.25) is 5.15 Å². The molecule has 1 unspecified atom stereocenters. The van der Waals surface area contributed by atoms with E-state index in [1.807, 2.05) is 37.3 Å². The molecule has 0 radical (unpaired) electrons. The molecule has 0 spiro atoms. The lowest BCUT2D eigenvalue weighted by atomic mass is 10.1. The van der Waals surface area contributed by atoms with Crippen LogP contribution in [0.5, 0.6) is 11.5 Å². The van der Waals surface area contributed by atoms with E-state index < -0.39 is 0 Å². The highest BCUT2D eigenvalue weighted by molar-refractivity contribution is 6.29. The van der Waals surface area contributed by atoms with E-state index >= 15 is 0 Å². The highest BCUT2D eigenvalue weighted by atomic mass is 35.5. The first kappa shape index (κ1) is 17.9. The molecule has 0 aliphatic rings. The molecular weight excluding hydrogens is 350 g/mol. The molecule has 0 saturated carbocycles. The van der Waals surface area contributed by atoms with Crippen LogP contribution in [-0.4, -0.2) is 15.9 Å². The zero-order valence-electron chi connectivity index (χ0n) is 14.4. The smallest absolute Gasteiger partial charge is 0.251 e. The third kappa shape index (κ3) is 4.58. The number of halogens is 1. The molecule has 6 heteroatoms. The van der Waals surface area contributed by atoms with Crippen molar-refractivity contribution in [3.8, 4) is 11.5 Å². The monoisotopic (exact) mass is 367 g/mol. The van der Waals surface area contributed by atoms with Crippen LogP contribution in [-0.2, 0) is 0 Å². The third-order valence-electron chi connectivity index (χ3n) is 3.71. The molecule has 5 nitrogen and oxygen atoms in total. The summed E-state index contributed by atoms with van der Waals surface area (Å²) in [5, 5.41) is 3.26. The van der Waals surface area contributed by atoms with Crippen LogP contribution in [0.3, 0.4) is 0 Å². The van der Waals surface area contributed by atoms with Gasteiger partial charge in [-0.05, 0) is 56.3 Å². The molecule has 1 N–H and O–H groups in total. The number of nitrogens with zero attached hydrogens (tertiary/aromatic N) is 2. The molecule has 132 valence electrons. The van der Waals surface area contributed by atoms with Gasteiger partial charge in [-0.2, -0.15) is 0 Å². The molecule has 1 amide bonds. The van der Waals surface area contributed by atoms with Crippen molar-refractivity contribution in [3.63, 3.8) is 0 Å². The van der Waals surface area contributed by atoms with Crippen LogP contribution in [0, 0.1) is 6.92 Å². The Morgan fingerprint density at radius 1 is 1.04 bits per heavy atom. The van der Waals surface area contributed by atoms with Crippen LogP contribution in [0.25, 0.3) is 0 Å². The Hall–Kier alpha value is -2.92. The second-order valence-electron chi connectivity index (χ2n) is 5.80. The fourth-order valence-corrected chi connectivity index (χ4v) is 2.66. The fraction of sp³-hybridized carbons (Fsp3) is 0.150. The Bertz CT molecular complexity index is 878. The maximum Gasteiger partial charge on any atom is 0.251 e. The van der Waals surface area contributed by atoms with E-state index in [0.29, 0.717) is 28.0 Å². The number of rotatable bonds is 5. The standard InChI is InChI=1S/C20H18ClN3O2/c1-13(18-12-19(21)24-14(2)23-18)22-20(25)15-8-10-17(11-9-15)26-16-6-4-3-5-7-16/h3-13H,1-2H3,(H,22,25). The Labute approximate surface area is 157 Å². The minimum Gasteiger partial charge on any atom is -0.457 e. The van der Waals surface area contributed by atoms with Gasteiger partial charge in [0.15, 0.2) is 0 Å². The second-order valence-corrected chi connectivity index (χ2v) is 6.18. The second kappa shape index (κ2) is 7.97. The molecule has 0 aliphatic carbocycles. The number of nitrogens with one attached hydrogen (secondary N) is 1. The number of carbonyl (C=O) groups is 1. The first-order chi connectivity index (χ1) is 12.5. The average molecular weight is 368 g/mol. The summed E-state index contributed by atoms with van der Waals surface area (Å²) in [7, 11) is 0. The van der Waals surface area contributed by atoms with Crippen molar-refractivity contribution < 1.29 is 9.53 Å². The van der Waals surface area contributed by atoms with Gasteiger partial charge in [0.25, 0.3) is 5.91 Å². The maximum absolute atomic E-state index is 12.4. The summed E-state index contributed by atoms with van der Waals surface area (Å²) in [4.78, 5) is 20.8. The van der Waals surface area contributed by atoms with E-state index in [1.165, 1.54) is 0 Å². The van der Waals surface area contributed by atoms with E-state index in [0.717, 1.165) is 5.75 Å². The molecule has 1 aromatic heterocycles. The number of benzene rings is 2. The minimum absolute atomic E-state index is 0.198. The maximum atomic E-state index is 12.4. The van der Waals surface area contributed by atoms with Crippen molar-refractivity contribution in [2.24, 2.45) is 0 Å². The van der Waals surface area contributed by atoms with Crippen LogP contribution in [0.4, 0.5) is 0 Å². The molecule has 0 aliphatic heterocycles. The summed E-state index contributed by atoms with van der Waals surface area (Å²) >= 11 is 5.95. The van der Waals surface area contributed by atoms with Gasteiger partial charge in [0.05, 0.1) is 11.7 Å². The predicted molar refractivity (Wildman–Crippen MR) is 101 cm³/mol. The summed E-state index contributed by atoms with van der Waals surface area (Å²) in [6, 6.07) is 17.8. The number of aromatic nitrogens is 2. The van der Waals surface area contributed by atoms with Crippen molar-refractivity contribution in [3.05, 3.63) is 82.9 Å². The zero-order valence-corrected chi connectivity index (χ0v) is 15.2. The van der Waals surface area contributed by atoms with E-state index in [9.17, 15) is 4.79 Å².